The predicted molar refractivity (Wildman–Crippen MR) is 77.6 cm³/mol. The predicted octanol–water partition coefficient (Wildman–Crippen LogP) is 2.50. The Morgan fingerprint density at radius 3 is 2.89 bits per heavy atom. The van der Waals surface area contributed by atoms with Gasteiger partial charge in [0.1, 0.15) is 0 Å². The first-order chi connectivity index (χ1) is 8.58. The molecule has 0 aliphatic rings. The molecule has 0 aliphatic carbocycles. The first-order valence-electron chi connectivity index (χ1n) is 5.79. The second-order valence-electron chi connectivity index (χ2n) is 4.27. The Bertz CT molecular complexity index is 410. The van der Waals surface area contributed by atoms with Gasteiger partial charge in [-0.05, 0) is 24.1 Å². The van der Waals surface area contributed by atoms with Crippen molar-refractivity contribution >= 4 is 27.3 Å². The van der Waals surface area contributed by atoms with E-state index in [-0.39, 0.29) is 19.1 Å². The van der Waals surface area contributed by atoms with E-state index in [1.165, 1.54) is 0 Å². The molecule has 0 unspecified atom stereocenters. The number of benzene rings is 1. The van der Waals surface area contributed by atoms with Crippen LogP contribution in [0.4, 0.5) is 5.69 Å². The number of halogens is 1. The summed E-state index contributed by atoms with van der Waals surface area (Å²) in [7, 11) is 1.58. The Hall–Kier alpha value is -0.910. The highest BCUT2D eigenvalue weighted by atomic mass is 79.9. The zero-order chi connectivity index (χ0) is 13.5. The van der Waals surface area contributed by atoms with Crippen molar-refractivity contribution in [2.75, 3.05) is 32.2 Å². The van der Waals surface area contributed by atoms with Crippen LogP contribution in [0.25, 0.3) is 0 Å². The standard InChI is InChI=1S/C13H19BrN2O2/c1-9(7-17)6-16-13-5-10(14)3-4-11(13)12(15)8-18-2/h3-5,9,15-17H,6-8H2,1-2H3/t9-/m0/s1. The molecule has 0 aliphatic heterocycles. The second kappa shape index (κ2) is 7.51. The van der Waals surface area contributed by atoms with Gasteiger partial charge in [-0.25, -0.2) is 0 Å². The van der Waals surface area contributed by atoms with Crippen molar-refractivity contribution in [2.24, 2.45) is 5.92 Å². The minimum atomic E-state index is 0.145. The van der Waals surface area contributed by atoms with Crippen molar-refractivity contribution in [1.82, 2.24) is 0 Å². The summed E-state index contributed by atoms with van der Waals surface area (Å²) in [5.74, 6) is 0.174. The lowest BCUT2D eigenvalue weighted by atomic mass is 10.1. The van der Waals surface area contributed by atoms with Crippen molar-refractivity contribution < 1.29 is 9.84 Å². The highest BCUT2D eigenvalue weighted by Crippen LogP contribution is 2.22. The van der Waals surface area contributed by atoms with Gasteiger partial charge in [0.15, 0.2) is 0 Å². The van der Waals surface area contributed by atoms with Crippen molar-refractivity contribution in [2.45, 2.75) is 6.92 Å². The fourth-order valence-electron chi connectivity index (χ4n) is 1.50. The molecular weight excluding hydrogens is 296 g/mol. The molecule has 0 fully saturated rings. The van der Waals surface area contributed by atoms with Gasteiger partial charge in [0.05, 0.1) is 12.3 Å². The largest absolute Gasteiger partial charge is 0.396 e. The monoisotopic (exact) mass is 314 g/mol. The summed E-state index contributed by atoms with van der Waals surface area (Å²) in [5, 5.41) is 20.2. The van der Waals surface area contributed by atoms with Gasteiger partial charge in [0, 0.05) is 36.0 Å². The number of hydrogen-bond acceptors (Lipinski definition) is 4. The molecule has 0 bridgehead atoms. The number of aliphatic hydroxyl groups excluding tert-OH is 1. The summed E-state index contributed by atoms with van der Waals surface area (Å²) in [6, 6.07) is 5.72. The molecule has 0 radical (unpaired) electrons. The second-order valence-corrected chi connectivity index (χ2v) is 5.19. The van der Waals surface area contributed by atoms with Crippen molar-refractivity contribution in [3.8, 4) is 0 Å². The first-order valence-corrected chi connectivity index (χ1v) is 6.58. The van der Waals surface area contributed by atoms with Crippen LogP contribution in [0.2, 0.25) is 0 Å². The lowest BCUT2D eigenvalue weighted by molar-refractivity contribution is 0.244. The Morgan fingerprint density at radius 2 is 2.28 bits per heavy atom. The molecule has 5 heteroatoms. The average Bonchev–Trinajstić information content (AvgIpc) is 2.36. The number of nitrogens with one attached hydrogen (secondary N) is 2. The van der Waals surface area contributed by atoms with Gasteiger partial charge in [-0.2, -0.15) is 0 Å². The molecule has 0 saturated heterocycles. The van der Waals surface area contributed by atoms with E-state index in [4.69, 9.17) is 15.3 Å². The van der Waals surface area contributed by atoms with Crippen molar-refractivity contribution in [3.63, 3.8) is 0 Å². The third kappa shape index (κ3) is 4.40. The summed E-state index contributed by atoms with van der Waals surface area (Å²) < 4.78 is 5.94. The molecule has 0 heterocycles. The normalized spacial score (nSPS) is 12.2. The van der Waals surface area contributed by atoms with Gasteiger partial charge in [-0.3, -0.25) is 0 Å². The molecule has 1 aromatic carbocycles. The molecule has 0 spiro atoms. The zero-order valence-corrected chi connectivity index (χ0v) is 12.3. The van der Waals surface area contributed by atoms with Crippen molar-refractivity contribution in [3.05, 3.63) is 28.2 Å². The van der Waals surface area contributed by atoms with Gasteiger partial charge in [-0.15, -0.1) is 0 Å². The molecule has 18 heavy (non-hydrogen) atoms. The molecule has 1 rings (SSSR count). The van der Waals surface area contributed by atoms with Crippen LogP contribution in [0.15, 0.2) is 22.7 Å². The molecule has 0 aromatic heterocycles. The van der Waals surface area contributed by atoms with Crippen molar-refractivity contribution in [1.29, 1.82) is 5.41 Å². The molecule has 4 nitrogen and oxygen atoms in total. The van der Waals surface area contributed by atoms with Crippen LogP contribution in [0.5, 0.6) is 0 Å². The molecule has 100 valence electrons. The average molecular weight is 315 g/mol. The van der Waals surface area contributed by atoms with Crippen LogP contribution in [-0.2, 0) is 4.74 Å². The summed E-state index contributed by atoms with van der Waals surface area (Å²) in [6.07, 6.45) is 0. The van der Waals surface area contributed by atoms with Gasteiger partial charge < -0.3 is 20.6 Å². The van der Waals surface area contributed by atoms with E-state index in [1.54, 1.807) is 7.11 Å². The third-order valence-corrected chi connectivity index (χ3v) is 3.04. The summed E-state index contributed by atoms with van der Waals surface area (Å²) in [5.41, 5.74) is 2.14. The maximum absolute atomic E-state index is 9.02. The first kappa shape index (κ1) is 15.1. The molecule has 3 N–H and O–H groups in total. The Balaban J connectivity index is 2.86. The van der Waals surface area contributed by atoms with E-state index in [0.29, 0.717) is 12.3 Å². The van der Waals surface area contributed by atoms with E-state index in [0.717, 1.165) is 15.7 Å². The lowest BCUT2D eigenvalue weighted by Crippen LogP contribution is -2.17. The van der Waals surface area contributed by atoms with Crippen LogP contribution in [0, 0.1) is 11.3 Å². The minimum absolute atomic E-state index is 0.145. The van der Waals surface area contributed by atoms with E-state index < -0.39 is 0 Å². The minimum Gasteiger partial charge on any atom is -0.396 e. The van der Waals surface area contributed by atoms with E-state index in [9.17, 15) is 0 Å². The quantitative estimate of drug-likeness (QED) is 0.677. The maximum atomic E-state index is 9.02. The van der Waals surface area contributed by atoms with Crippen LogP contribution in [0.1, 0.15) is 12.5 Å². The summed E-state index contributed by atoms with van der Waals surface area (Å²) in [4.78, 5) is 0. The molecule has 1 atom stereocenters. The molecule has 0 saturated carbocycles. The van der Waals surface area contributed by atoms with Gasteiger partial charge >= 0.3 is 0 Å². The number of aliphatic hydroxyl groups is 1. The van der Waals surface area contributed by atoms with Crippen LogP contribution in [0.3, 0.4) is 0 Å². The highest BCUT2D eigenvalue weighted by Gasteiger charge is 2.09. The highest BCUT2D eigenvalue weighted by molar-refractivity contribution is 9.10. The SMILES string of the molecule is COCC(=N)c1ccc(Br)cc1NC[C@H](C)CO. The number of hydrogen-bond donors (Lipinski definition) is 3. The van der Waals surface area contributed by atoms with Crippen LogP contribution >= 0.6 is 15.9 Å². The third-order valence-electron chi connectivity index (χ3n) is 2.55. The molecule has 0 amide bonds. The number of methoxy groups -OCH3 is 1. The Morgan fingerprint density at radius 1 is 1.56 bits per heavy atom. The smallest absolute Gasteiger partial charge is 0.0883 e. The number of rotatable bonds is 7. The van der Waals surface area contributed by atoms with Crippen LogP contribution < -0.4 is 5.32 Å². The van der Waals surface area contributed by atoms with E-state index in [2.05, 4.69) is 21.2 Å². The van der Waals surface area contributed by atoms with E-state index in [1.807, 2.05) is 25.1 Å². The number of anilines is 1. The van der Waals surface area contributed by atoms with Gasteiger partial charge in [0.25, 0.3) is 0 Å². The van der Waals surface area contributed by atoms with Crippen LogP contribution in [-0.4, -0.2) is 37.7 Å². The Labute approximate surface area is 116 Å². The number of ether oxygens (including phenoxy) is 1. The maximum Gasteiger partial charge on any atom is 0.0883 e. The van der Waals surface area contributed by atoms with E-state index >= 15 is 0 Å². The molecular formula is C13H19BrN2O2. The zero-order valence-electron chi connectivity index (χ0n) is 10.7. The summed E-state index contributed by atoms with van der Waals surface area (Å²) >= 11 is 3.42. The Kier molecular flexibility index (Phi) is 6.32. The topological polar surface area (TPSA) is 65.3 Å². The van der Waals surface area contributed by atoms with Gasteiger partial charge in [0.2, 0.25) is 0 Å². The lowest BCUT2D eigenvalue weighted by Gasteiger charge is -2.15. The summed E-state index contributed by atoms with van der Waals surface area (Å²) in [6.45, 7) is 3.06. The fourth-order valence-corrected chi connectivity index (χ4v) is 1.86. The van der Waals surface area contributed by atoms with Gasteiger partial charge in [-0.1, -0.05) is 22.9 Å². The molecule has 1 aromatic rings. The fraction of sp³-hybridized carbons (Fsp3) is 0.462.